The van der Waals surface area contributed by atoms with Crippen molar-refractivity contribution in [1.82, 2.24) is 5.32 Å². The summed E-state index contributed by atoms with van der Waals surface area (Å²) in [5.74, 6) is 0.723. The second kappa shape index (κ2) is 7.25. The van der Waals surface area contributed by atoms with E-state index < -0.39 is 6.10 Å². The third kappa shape index (κ3) is 3.90. The fourth-order valence-electron chi connectivity index (χ4n) is 1.74. The van der Waals surface area contributed by atoms with E-state index in [4.69, 9.17) is 21.6 Å². The summed E-state index contributed by atoms with van der Waals surface area (Å²) in [4.78, 5) is 0. The fourth-order valence-corrected chi connectivity index (χ4v) is 1.92. The highest BCUT2D eigenvalue weighted by atomic mass is 35.5. The molecule has 0 amide bonds. The van der Waals surface area contributed by atoms with Gasteiger partial charge in [0.25, 0.3) is 0 Å². The van der Waals surface area contributed by atoms with Crippen LogP contribution in [0.2, 0.25) is 5.02 Å². The van der Waals surface area contributed by atoms with Gasteiger partial charge in [-0.3, -0.25) is 0 Å². The summed E-state index contributed by atoms with van der Waals surface area (Å²) in [5, 5.41) is 12.9. The SMILES string of the molecule is CCNC(C)c1cc(Cl)ccc1OC(C#N)CC. The van der Waals surface area contributed by atoms with Gasteiger partial charge in [-0.1, -0.05) is 25.4 Å². The van der Waals surface area contributed by atoms with Crippen molar-refractivity contribution in [2.75, 3.05) is 6.54 Å². The first kappa shape index (κ1) is 14.8. The molecular formula is C14H19ClN2O. The van der Waals surface area contributed by atoms with Crippen LogP contribution < -0.4 is 10.1 Å². The predicted molar refractivity (Wildman–Crippen MR) is 73.9 cm³/mol. The van der Waals surface area contributed by atoms with Gasteiger partial charge in [-0.05, 0) is 38.1 Å². The zero-order valence-corrected chi connectivity index (χ0v) is 11.8. The summed E-state index contributed by atoms with van der Waals surface area (Å²) < 4.78 is 5.71. The molecule has 0 radical (unpaired) electrons. The molecule has 98 valence electrons. The number of hydrogen-bond acceptors (Lipinski definition) is 3. The molecule has 1 N–H and O–H groups in total. The molecule has 0 aliphatic carbocycles. The largest absolute Gasteiger partial charge is 0.475 e. The molecule has 1 aromatic carbocycles. The highest BCUT2D eigenvalue weighted by Gasteiger charge is 2.14. The van der Waals surface area contributed by atoms with Crippen LogP contribution in [0.5, 0.6) is 5.75 Å². The topological polar surface area (TPSA) is 45.0 Å². The Morgan fingerprint density at radius 3 is 2.72 bits per heavy atom. The van der Waals surface area contributed by atoms with Crippen molar-refractivity contribution in [3.8, 4) is 11.8 Å². The highest BCUT2D eigenvalue weighted by molar-refractivity contribution is 6.30. The predicted octanol–water partition coefficient (Wildman–Crippen LogP) is 3.69. The van der Waals surface area contributed by atoms with Crippen molar-refractivity contribution in [3.05, 3.63) is 28.8 Å². The minimum Gasteiger partial charge on any atom is -0.475 e. The van der Waals surface area contributed by atoms with Crippen LogP contribution in [-0.2, 0) is 0 Å². The van der Waals surface area contributed by atoms with Gasteiger partial charge in [0.05, 0.1) is 0 Å². The standard InChI is InChI=1S/C14H19ClN2O/c1-4-12(9-16)18-14-7-6-11(15)8-13(14)10(3)17-5-2/h6-8,10,12,17H,4-5H2,1-3H3. The van der Waals surface area contributed by atoms with Crippen LogP contribution in [0, 0.1) is 11.3 Å². The zero-order valence-electron chi connectivity index (χ0n) is 11.0. The van der Waals surface area contributed by atoms with Crippen molar-refractivity contribution >= 4 is 11.6 Å². The molecule has 0 aromatic heterocycles. The first-order valence-electron chi connectivity index (χ1n) is 6.21. The number of ether oxygens (including phenoxy) is 1. The normalized spacial score (nSPS) is 13.7. The van der Waals surface area contributed by atoms with Gasteiger partial charge in [0.15, 0.2) is 6.10 Å². The Labute approximate surface area is 114 Å². The minimum atomic E-state index is -0.418. The number of halogens is 1. The van der Waals surface area contributed by atoms with E-state index in [1.165, 1.54) is 0 Å². The summed E-state index contributed by atoms with van der Waals surface area (Å²) in [5.41, 5.74) is 0.984. The molecular weight excluding hydrogens is 248 g/mol. The van der Waals surface area contributed by atoms with Crippen LogP contribution in [0.25, 0.3) is 0 Å². The van der Waals surface area contributed by atoms with Gasteiger partial charge in [0.2, 0.25) is 0 Å². The summed E-state index contributed by atoms with van der Waals surface area (Å²) in [6.45, 7) is 6.89. The van der Waals surface area contributed by atoms with Crippen LogP contribution in [0.3, 0.4) is 0 Å². The lowest BCUT2D eigenvalue weighted by Gasteiger charge is -2.19. The molecule has 0 saturated heterocycles. The summed E-state index contributed by atoms with van der Waals surface area (Å²) in [6, 6.07) is 7.77. The van der Waals surface area contributed by atoms with Gasteiger partial charge in [-0.2, -0.15) is 5.26 Å². The number of nitrogens with zero attached hydrogens (tertiary/aromatic N) is 1. The van der Waals surface area contributed by atoms with E-state index in [-0.39, 0.29) is 6.04 Å². The minimum absolute atomic E-state index is 0.139. The summed E-state index contributed by atoms with van der Waals surface area (Å²) in [7, 11) is 0. The molecule has 0 aliphatic rings. The van der Waals surface area contributed by atoms with Gasteiger partial charge in [-0.25, -0.2) is 0 Å². The average Bonchev–Trinajstić information content (AvgIpc) is 2.37. The molecule has 0 spiro atoms. The first-order chi connectivity index (χ1) is 8.62. The molecule has 0 heterocycles. The number of nitriles is 1. The Morgan fingerprint density at radius 1 is 1.44 bits per heavy atom. The Hall–Kier alpha value is -1.24. The Balaban J connectivity index is 3.00. The lowest BCUT2D eigenvalue weighted by atomic mass is 10.1. The molecule has 2 atom stereocenters. The molecule has 3 nitrogen and oxygen atoms in total. The third-order valence-electron chi connectivity index (χ3n) is 2.73. The van der Waals surface area contributed by atoms with E-state index in [0.717, 1.165) is 17.9 Å². The van der Waals surface area contributed by atoms with Crippen molar-refractivity contribution in [2.45, 2.75) is 39.3 Å². The molecule has 0 saturated carbocycles. The van der Waals surface area contributed by atoms with Gasteiger partial charge in [-0.15, -0.1) is 0 Å². The third-order valence-corrected chi connectivity index (χ3v) is 2.97. The maximum Gasteiger partial charge on any atom is 0.184 e. The molecule has 0 aliphatic heterocycles. The maximum absolute atomic E-state index is 8.96. The van der Waals surface area contributed by atoms with Crippen LogP contribution in [0.1, 0.15) is 38.8 Å². The summed E-state index contributed by atoms with van der Waals surface area (Å²) >= 11 is 6.02. The maximum atomic E-state index is 8.96. The lowest BCUT2D eigenvalue weighted by Crippen LogP contribution is -2.20. The van der Waals surface area contributed by atoms with Crippen molar-refractivity contribution in [1.29, 1.82) is 5.26 Å². The second-order valence-corrected chi connectivity index (χ2v) is 4.54. The van der Waals surface area contributed by atoms with Crippen molar-refractivity contribution in [2.24, 2.45) is 0 Å². The van der Waals surface area contributed by atoms with E-state index >= 15 is 0 Å². The fraction of sp³-hybridized carbons (Fsp3) is 0.500. The van der Waals surface area contributed by atoms with E-state index in [2.05, 4.69) is 18.3 Å². The van der Waals surface area contributed by atoms with Gasteiger partial charge in [0.1, 0.15) is 11.8 Å². The zero-order chi connectivity index (χ0) is 13.5. The Bertz CT molecular complexity index is 428. The Morgan fingerprint density at radius 2 is 2.17 bits per heavy atom. The second-order valence-electron chi connectivity index (χ2n) is 4.11. The molecule has 2 unspecified atom stereocenters. The molecule has 18 heavy (non-hydrogen) atoms. The number of rotatable bonds is 6. The summed E-state index contributed by atoms with van der Waals surface area (Å²) in [6.07, 6.45) is 0.243. The van der Waals surface area contributed by atoms with Gasteiger partial charge in [0, 0.05) is 16.6 Å². The highest BCUT2D eigenvalue weighted by Crippen LogP contribution is 2.29. The lowest BCUT2D eigenvalue weighted by molar-refractivity contribution is 0.247. The number of nitrogens with one attached hydrogen (secondary N) is 1. The molecule has 1 aromatic rings. The van der Waals surface area contributed by atoms with Crippen molar-refractivity contribution in [3.63, 3.8) is 0 Å². The number of hydrogen-bond donors (Lipinski definition) is 1. The van der Waals surface area contributed by atoms with Crippen LogP contribution in [0.15, 0.2) is 18.2 Å². The smallest absolute Gasteiger partial charge is 0.184 e. The Kier molecular flexibility index (Phi) is 5.97. The average molecular weight is 267 g/mol. The van der Waals surface area contributed by atoms with E-state index in [1.807, 2.05) is 26.0 Å². The number of benzene rings is 1. The van der Waals surface area contributed by atoms with E-state index in [0.29, 0.717) is 11.4 Å². The first-order valence-corrected chi connectivity index (χ1v) is 6.59. The van der Waals surface area contributed by atoms with Crippen LogP contribution in [0.4, 0.5) is 0 Å². The van der Waals surface area contributed by atoms with Crippen LogP contribution >= 0.6 is 11.6 Å². The van der Waals surface area contributed by atoms with Gasteiger partial charge < -0.3 is 10.1 Å². The van der Waals surface area contributed by atoms with Crippen LogP contribution in [-0.4, -0.2) is 12.6 Å². The van der Waals surface area contributed by atoms with E-state index in [1.54, 1.807) is 6.07 Å². The molecule has 0 bridgehead atoms. The van der Waals surface area contributed by atoms with Crippen molar-refractivity contribution < 1.29 is 4.74 Å². The van der Waals surface area contributed by atoms with Gasteiger partial charge >= 0.3 is 0 Å². The van der Waals surface area contributed by atoms with E-state index in [9.17, 15) is 0 Å². The monoisotopic (exact) mass is 266 g/mol. The molecule has 1 rings (SSSR count). The molecule has 4 heteroatoms. The molecule has 0 fully saturated rings. The quantitative estimate of drug-likeness (QED) is 0.854.